The van der Waals surface area contributed by atoms with Gasteiger partial charge in [-0.25, -0.2) is 0 Å². The van der Waals surface area contributed by atoms with Crippen molar-refractivity contribution in [2.24, 2.45) is 0 Å². The van der Waals surface area contributed by atoms with Gasteiger partial charge in [-0.05, 0) is 43.2 Å². The number of halogens is 1. The topological polar surface area (TPSA) is 67.9 Å². The van der Waals surface area contributed by atoms with Crippen molar-refractivity contribution in [3.8, 4) is 11.5 Å². The van der Waals surface area contributed by atoms with Gasteiger partial charge in [0.25, 0.3) is 5.91 Å². The first-order chi connectivity index (χ1) is 13.0. The van der Waals surface area contributed by atoms with E-state index in [0.29, 0.717) is 46.4 Å². The lowest BCUT2D eigenvalue weighted by Crippen LogP contribution is -2.35. The number of hydrogen-bond acceptors (Lipinski definition) is 4. The average molecular weight is 389 g/mol. The quantitative estimate of drug-likeness (QED) is 0.836. The predicted molar refractivity (Wildman–Crippen MR) is 105 cm³/mol. The van der Waals surface area contributed by atoms with Crippen LogP contribution in [0, 0.1) is 0 Å². The van der Waals surface area contributed by atoms with Gasteiger partial charge in [-0.2, -0.15) is 0 Å². The first-order valence-corrected chi connectivity index (χ1v) is 9.04. The van der Waals surface area contributed by atoms with E-state index in [1.54, 1.807) is 48.4 Å². The van der Waals surface area contributed by atoms with E-state index in [0.717, 1.165) is 12.8 Å². The zero-order chi connectivity index (χ0) is 19.4. The molecule has 1 N–H and O–H groups in total. The summed E-state index contributed by atoms with van der Waals surface area (Å²) >= 11 is 6.00. The van der Waals surface area contributed by atoms with E-state index in [4.69, 9.17) is 21.1 Å². The fourth-order valence-corrected chi connectivity index (χ4v) is 3.27. The maximum atomic E-state index is 12.6. The van der Waals surface area contributed by atoms with Crippen molar-refractivity contribution in [2.45, 2.75) is 19.3 Å². The van der Waals surface area contributed by atoms with Crippen molar-refractivity contribution in [2.75, 3.05) is 31.0 Å². The number of nitrogens with one attached hydrogen (secondary N) is 1. The van der Waals surface area contributed by atoms with Crippen molar-refractivity contribution in [1.82, 2.24) is 0 Å². The van der Waals surface area contributed by atoms with E-state index in [9.17, 15) is 9.59 Å². The van der Waals surface area contributed by atoms with Crippen molar-refractivity contribution >= 4 is 34.8 Å². The van der Waals surface area contributed by atoms with Crippen LogP contribution in [0.15, 0.2) is 36.4 Å². The Hall–Kier alpha value is -2.73. The van der Waals surface area contributed by atoms with Crippen molar-refractivity contribution < 1.29 is 19.1 Å². The molecule has 1 fully saturated rings. The van der Waals surface area contributed by atoms with E-state index in [1.165, 1.54) is 7.11 Å². The van der Waals surface area contributed by atoms with Crippen LogP contribution >= 0.6 is 11.6 Å². The first-order valence-electron chi connectivity index (χ1n) is 8.67. The highest BCUT2D eigenvalue weighted by Gasteiger charge is 2.23. The van der Waals surface area contributed by atoms with Crippen LogP contribution in [0.5, 0.6) is 11.5 Å². The molecule has 0 aliphatic carbocycles. The number of hydrogen-bond donors (Lipinski definition) is 1. The van der Waals surface area contributed by atoms with E-state index < -0.39 is 0 Å². The highest BCUT2D eigenvalue weighted by molar-refractivity contribution is 6.31. The van der Waals surface area contributed by atoms with Crippen molar-refractivity contribution in [3.05, 3.63) is 47.0 Å². The molecule has 142 valence electrons. The number of nitrogens with zero attached hydrogens (tertiary/aromatic N) is 1. The number of benzene rings is 2. The van der Waals surface area contributed by atoms with E-state index in [1.807, 2.05) is 0 Å². The number of anilines is 2. The standard InChI is InChI=1S/C20H21ClN2O4/c1-26-17-9-6-13(21)11-15(17)20(25)22-14-7-8-16(18(12-14)27-2)23-10-4-3-5-19(23)24/h6-9,11-12H,3-5,10H2,1-2H3,(H,22,25). The van der Waals surface area contributed by atoms with Crippen LogP contribution in [-0.4, -0.2) is 32.6 Å². The van der Waals surface area contributed by atoms with Gasteiger partial charge in [-0.15, -0.1) is 0 Å². The third kappa shape index (κ3) is 4.17. The van der Waals surface area contributed by atoms with E-state index in [-0.39, 0.29) is 11.8 Å². The minimum absolute atomic E-state index is 0.0833. The third-order valence-corrected chi connectivity index (χ3v) is 4.69. The number of rotatable bonds is 5. The van der Waals surface area contributed by atoms with Crippen LogP contribution in [0.3, 0.4) is 0 Å². The number of amides is 2. The molecule has 0 saturated carbocycles. The Balaban J connectivity index is 1.85. The molecule has 0 bridgehead atoms. The second-order valence-corrected chi connectivity index (χ2v) is 6.62. The third-order valence-electron chi connectivity index (χ3n) is 4.46. The van der Waals surface area contributed by atoms with Crippen LogP contribution in [0.2, 0.25) is 5.02 Å². The highest BCUT2D eigenvalue weighted by atomic mass is 35.5. The van der Waals surface area contributed by atoms with Gasteiger partial charge < -0.3 is 19.7 Å². The van der Waals surface area contributed by atoms with Crippen LogP contribution in [-0.2, 0) is 4.79 Å². The Morgan fingerprint density at radius 1 is 1.07 bits per heavy atom. The molecule has 0 aromatic heterocycles. The molecule has 27 heavy (non-hydrogen) atoms. The second-order valence-electron chi connectivity index (χ2n) is 6.19. The Bertz CT molecular complexity index is 869. The summed E-state index contributed by atoms with van der Waals surface area (Å²) in [6.07, 6.45) is 2.41. The number of carbonyl (C=O) groups excluding carboxylic acids is 2. The Kier molecular flexibility index (Phi) is 5.86. The largest absolute Gasteiger partial charge is 0.496 e. The second kappa shape index (κ2) is 8.31. The Labute approximate surface area is 163 Å². The molecule has 1 aliphatic rings. The van der Waals surface area contributed by atoms with Crippen molar-refractivity contribution in [3.63, 3.8) is 0 Å². The Morgan fingerprint density at radius 3 is 2.56 bits per heavy atom. The summed E-state index contributed by atoms with van der Waals surface area (Å²) in [6, 6.07) is 10.1. The highest BCUT2D eigenvalue weighted by Crippen LogP contribution is 2.34. The minimum atomic E-state index is -0.349. The molecule has 0 unspecified atom stereocenters. The SMILES string of the molecule is COc1ccc(Cl)cc1C(=O)Nc1ccc(N2CCCCC2=O)c(OC)c1. The van der Waals surface area contributed by atoms with Gasteiger partial charge in [0.05, 0.1) is 25.5 Å². The molecule has 0 spiro atoms. The molecule has 2 aromatic rings. The van der Waals surface area contributed by atoms with E-state index in [2.05, 4.69) is 5.32 Å². The van der Waals surface area contributed by atoms with Crippen LogP contribution in [0.4, 0.5) is 11.4 Å². The fourth-order valence-electron chi connectivity index (χ4n) is 3.10. The maximum absolute atomic E-state index is 12.6. The molecule has 7 heteroatoms. The molecule has 1 saturated heterocycles. The van der Waals surface area contributed by atoms with Gasteiger partial charge in [-0.1, -0.05) is 11.6 Å². The van der Waals surface area contributed by atoms with Crippen molar-refractivity contribution in [1.29, 1.82) is 0 Å². The number of methoxy groups -OCH3 is 2. The molecular formula is C20H21ClN2O4. The summed E-state index contributed by atoms with van der Waals surface area (Å²) in [4.78, 5) is 26.5. The van der Waals surface area contributed by atoms with Gasteiger partial charge >= 0.3 is 0 Å². The minimum Gasteiger partial charge on any atom is -0.496 e. The smallest absolute Gasteiger partial charge is 0.259 e. The molecule has 3 rings (SSSR count). The first kappa shape index (κ1) is 19.0. The lowest BCUT2D eigenvalue weighted by atomic mass is 10.1. The predicted octanol–water partition coefficient (Wildman–Crippen LogP) is 4.13. The van der Waals surface area contributed by atoms with E-state index >= 15 is 0 Å². The van der Waals surface area contributed by atoms with Gasteiger partial charge in [0, 0.05) is 29.7 Å². The molecule has 6 nitrogen and oxygen atoms in total. The molecule has 2 amide bonds. The maximum Gasteiger partial charge on any atom is 0.259 e. The number of piperidine rings is 1. The van der Waals surface area contributed by atoms with Gasteiger partial charge in [0.15, 0.2) is 0 Å². The summed E-state index contributed by atoms with van der Waals surface area (Å²) in [5, 5.41) is 3.26. The van der Waals surface area contributed by atoms with Gasteiger partial charge in [0.1, 0.15) is 11.5 Å². The van der Waals surface area contributed by atoms with Gasteiger partial charge in [0.2, 0.25) is 5.91 Å². The molecule has 1 heterocycles. The summed E-state index contributed by atoms with van der Waals surface area (Å²) in [5.41, 5.74) is 1.59. The zero-order valence-corrected chi connectivity index (χ0v) is 16.0. The molecule has 0 radical (unpaired) electrons. The number of carbonyl (C=O) groups is 2. The van der Waals surface area contributed by atoms with Crippen LogP contribution in [0.1, 0.15) is 29.6 Å². The molecule has 2 aromatic carbocycles. The lowest BCUT2D eigenvalue weighted by Gasteiger charge is -2.28. The monoisotopic (exact) mass is 388 g/mol. The summed E-state index contributed by atoms with van der Waals surface area (Å²) in [6.45, 7) is 0.667. The summed E-state index contributed by atoms with van der Waals surface area (Å²) < 4.78 is 10.7. The molecular weight excluding hydrogens is 368 g/mol. The zero-order valence-electron chi connectivity index (χ0n) is 15.3. The van der Waals surface area contributed by atoms with Crippen LogP contribution in [0.25, 0.3) is 0 Å². The Morgan fingerprint density at radius 2 is 1.85 bits per heavy atom. The summed E-state index contributed by atoms with van der Waals surface area (Å²) in [7, 11) is 3.03. The lowest BCUT2D eigenvalue weighted by molar-refractivity contribution is -0.119. The van der Waals surface area contributed by atoms with Crippen LogP contribution < -0.4 is 19.7 Å². The molecule has 1 aliphatic heterocycles. The number of ether oxygens (including phenoxy) is 2. The normalized spacial score (nSPS) is 14.0. The van der Waals surface area contributed by atoms with Gasteiger partial charge in [-0.3, -0.25) is 9.59 Å². The average Bonchev–Trinajstić information content (AvgIpc) is 2.68. The molecule has 0 atom stereocenters. The summed E-state index contributed by atoms with van der Waals surface area (Å²) in [5.74, 6) is 0.693. The fraction of sp³-hybridized carbons (Fsp3) is 0.300.